The van der Waals surface area contributed by atoms with E-state index >= 15 is 0 Å². The molecule has 0 bridgehead atoms. The zero-order valence-corrected chi connectivity index (χ0v) is 20.4. The van der Waals surface area contributed by atoms with Gasteiger partial charge in [0.1, 0.15) is 6.04 Å². The van der Waals surface area contributed by atoms with Gasteiger partial charge >= 0.3 is 0 Å². The highest BCUT2D eigenvalue weighted by atomic mass is 32.2. The Labute approximate surface area is 204 Å². The predicted molar refractivity (Wildman–Crippen MR) is 137 cm³/mol. The Morgan fingerprint density at radius 3 is 2.49 bits per heavy atom. The summed E-state index contributed by atoms with van der Waals surface area (Å²) in [6.45, 7) is 1.04. The van der Waals surface area contributed by atoms with Crippen LogP contribution in [0.15, 0.2) is 71.6 Å². The zero-order valence-electron chi connectivity index (χ0n) is 19.5. The first kappa shape index (κ1) is 23.8. The Kier molecular flexibility index (Phi) is 5.64. The molecular weight excluding hydrogens is 468 g/mol. The third-order valence-electron chi connectivity index (χ3n) is 7.07. The Hall–Kier alpha value is -2.97. The maximum atomic E-state index is 14.4. The van der Waals surface area contributed by atoms with E-state index in [1.165, 1.54) is 18.2 Å². The van der Waals surface area contributed by atoms with Crippen LogP contribution < -0.4 is 16.0 Å². The second-order valence-corrected chi connectivity index (χ2v) is 12.3. The van der Waals surface area contributed by atoms with Crippen LogP contribution in [0.25, 0.3) is 10.8 Å². The second-order valence-electron chi connectivity index (χ2n) is 9.78. The number of anilines is 1. The smallest absolute Gasteiger partial charge is 0.271 e. The van der Waals surface area contributed by atoms with Gasteiger partial charge in [-0.3, -0.25) is 9.00 Å². The van der Waals surface area contributed by atoms with Crippen LogP contribution in [-0.2, 0) is 20.2 Å². The number of carbonyl (C=O) groups is 1. The molecule has 0 aromatic heterocycles. The summed E-state index contributed by atoms with van der Waals surface area (Å²) in [5, 5.41) is 4.30. The average molecular weight is 498 g/mol. The van der Waals surface area contributed by atoms with Gasteiger partial charge in [-0.25, -0.2) is 8.78 Å². The lowest BCUT2D eigenvalue weighted by molar-refractivity contribution is -0.123. The van der Waals surface area contributed by atoms with E-state index in [1.54, 1.807) is 6.07 Å². The van der Waals surface area contributed by atoms with Gasteiger partial charge < -0.3 is 16.0 Å². The Morgan fingerprint density at radius 1 is 1.11 bits per heavy atom. The minimum absolute atomic E-state index is 0.0499. The molecule has 3 aromatic rings. The lowest BCUT2D eigenvalue weighted by atomic mass is 10.1. The van der Waals surface area contributed by atoms with Gasteiger partial charge in [-0.05, 0) is 42.7 Å². The van der Waals surface area contributed by atoms with Crippen molar-refractivity contribution < 1.29 is 17.8 Å². The molecule has 1 aliphatic heterocycles. The van der Waals surface area contributed by atoms with E-state index in [4.69, 9.17) is 5.73 Å². The third-order valence-corrected chi connectivity index (χ3v) is 9.59. The highest BCUT2D eigenvalue weighted by Crippen LogP contribution is 2.39. The molecular formula is C27H29F2N3O2S. The molecule has 5 rings (SSSR count). The van der Waals surface area contributed by atoms with Gasteiger partial charge in [-0.1, -0.05) is 54.6 Å². The second kappa shape index (κ2) is 8.31. The molecule has 0 radical (unpaired) electrons. The van der Waals surface area contributed by atoms with Gasteiger partial charge in [0.15, 0.2) is 0 Å². The van der Waals surface area contributed by atoms with E-state index in [1.807, 2.05) is 47.4 Å². The standard InChI is InChI=1S/C27H29F2N3O2S/c1-26(28,29)21-11-5-6-13-24(21)35(2,34)19-16-23(25(33)31-27(30)14-15-27)32(17-19)22-12-7-9-18-8-3-4-10-20(18)22/h3-13,19,23H,2,14-17,30H2,1H3,(H,31,33). The van der Waals surface area contributed by atoms with Crippen molar-refractivity contribution >= 4 is 37.8 Å². The van der Waals surface area contributed by atoms with Crippen LogP contribution >= 0.6 is 0 Å². The molecule has 1 heterocycles. The predicted octanol–water partition coefficient (Wildman–Crippen LogP) is 4.24. The van der Waals surface area contributed by atoms with Crippen molar-refractivity contribution in [1.29, 1.82) is 0 Å². The fourth-order valence-corrected chi connectivity index (χ4v) is 7.13. The summed E-state index contributed by atoms with van der Waals surface area (Å²) < 4.78 is 42.9. The van der Waals surface area contributed by atoms with E-state index < -0.39 is 32.4 Å². The summed E-state index contributed by atoms with van der Waals surface area (Å²) >= 11 is 0. The Balaban J connectivity index is 1.57. The fourth-order valence-electron chi connectivity index (χ4n) is 4.95. The van der Waals surface area contributed by atoms with Crippen LogP contribution in [0.4, 0.5) is 14.5 Å². The number of rotatable bonds is 6. The topological polar surface area (TPSA) is 75.4 Å². The van der Waals surface area contributed by atoms with Gasteiger partial charge in [0, 0.05) is 44.5 Å². The maximum absolute atomic E-state index is 14.4. The van der Waals surface area contributed by atoms with Crippen LogP contribution in [0, 0.1) is 0 Å². The quantitative estimate of drug-likeness (QED) is 0.395. The molecule has 2 aliphatic rings. The van der Waals surface area contributed by atoms with Crippen LogP contribution in [0.1, 0.15) is 31.7 Å². The fraction of sp³-hybridized carbons (Fsp3) is 0.333. The van der Waals surface area contributed by atoms with Crippen molar-refractivity contribution in [3.63, 3.8) is 0 Å². The van der Waals surface area contributed by atoms with Crippen LogP contribution in [0.2, 0.25) is 0 Å². The van der Waals surface area contributed by atoms with Gasteiger partial charge in [0.25, 0.3) is 5.92 Å². The molecule has 1 amide bonds. The number of nitrogens with zero attached hydrogens (tertiary/aromatic N) is 1. The lowest BCUT2D eigenvalue weighted by Crippen LogP contribution is -2.51. The Bertz CT molecular complexity index is 1390. The van der Waals surface area contributed by atoms with Gasteiger partial charge in [-0.15, -0.1) is 0 Å². The average Bonchev–Trinajstić information content (AvgIpc) is 3.37. The molecule has 3 N–H and O–H groups in total. The number of carbonyl (C=O) groups excluding carboxylic acids is 1. The van der Waals surface area contributed by atoms with Crippen molar-refractivity contribution in [3.05, 3.63) is 72.3 Å². The highest BCUT2D eigenvalue weighted by Gasteiger charge is 2.46. The number of hydrogen-bond acceptors (Lipinski definition) is 4. The zero-order chi connectivity index (χ0) is 25.0. The number of nitrogens with one attached hydrogen (secondary N) is 1. The van der Waals surface area contributed by atoms with Crippen molar-refractivity contribution in [3.8, 4) is 0 Å². The molecule has 5 nitrogen and oxygen atoms in total. The summed E-state index contributed by atoms with van der Waals surface area (Å²) in [6, 6.07) is 18.9. The number of alkyl halides is 2. The molecule has 35 heavy (non-hydrogen) atoms. The third kappa shape index (κ3) is 4.41. The van der Waals surface area contributed by atoms with Gasteiger partial charge in [-0.2, -0.15) is 0 Å². The van der Waals surface area contributed by atoms with Crippen LogP contribution in [0.5, 0.6) is 0 Å². The molecule has 1 aliphatic carbocycles. The number of nitrogens with two attached hydrogens (primary N) is 1. The maximum Gasteiger partial charge on any atom is 0.271 e. The van der Waals surface area contributed by atoms with E-state index in [0.717, 1.165) is 23.4 Å². The van der Waals surface area contributed by atoms with Gasteiger partial charge in [0.2, 0.25) is 5.91 Å². The molecule has 1 saturated heterocycles. The molecule has 3 unspecified atom stereocenters. The van der Waals surface area contributed by atoms with E-state index in [2.05, 4.69) is 11.2 Å². The molecule has 3 atom stereocenters. The normalized spacial score (nSPS) is 23.1. The molecule has 0 spiro atoms. The highest BCUT2D eigenvalue weighted by molar-refractivity contribution is 8.01. The first-order valence-electron chi connectivity index (χ1n) is 11.7. The van der Waals surface area contributed by atoms with Crippen molar-refractivity contribution in [1.82, 2.24) is 5.32 Å². The summed E-state index contributed by atoms with van der Waals surface area (Å²) in [5.41, 5.74) is 6.00. The number of halogens is 2. The monoisotopic (exact) mass is 497 g/mol. The summed E-state index contributed by atoms with van der Waals surface area (Å²) in [4.78, 5) is 15.4. The summed E-state index contributed by atoms with van der Waals surface area (Å²) in [6.07, 6.45) is 1.62. The molecule has 1 saturated carbocycles. The van der Waals surface area contributed by atoms with Crippen LogP contribution in [-0.4, -0.2) is 39.5 Å². The van der Waals surface area contributed by atoms with Gasteiger partial charge in [0.05, 0.1) is 10.9 Å². The summed E-state index contributed by atoms with van der Waals surface area (Å²) in [5.74, 6) is 0.566. The molecule has 2 fully saturated rings. The molecule has 3 aromatic carbocycles. The number of hydrogen-bond donors (Lipinski definition) is 2. The number of fused-ring (bicyclic) bond motifs is 1. The van der Waals surface area contributed by atoms with Crippen molar-refractivity contribution in [2.75, 3.05) is 11.4 Å². The number of amides is 1. The number of benzene rings is 3. The lowest BCUT2D eigenvalue weighted by Gasteiger charge is -2.28. The molecule has 184 valence electrons. The largest absolute Gasteiger partial charge is 0.358 e. The van der Waals surface area contributed by atoms with E-state index in [0.29, 0.717) is 12.8 Å². The first-order chi connectivity index (χ1) is 16.5. The SMILES string of the molecule is C=S(=O)(c1ccccc1C(C)(F)F)C1CC(C(=O)NC2(N)CC2)N(c2cccc3ccccc23)C1. The Morgan fingerprint density at radius 2 is 1.77 bits per heavy atom. The van der Waals surface area contributed by atoms with E-state index in [-0.39, 0.29) is 29.3 Å². The van der Waals surface area contributed by atoms with Crippen molar-refractivity contribution in [2.24, 2.45) is 5.73 Å². The summed E-state index contributed by atoms with van der Waals surface area (Å²) in [7, 11) is -3.17. The molecule has 8 heteroatoms. The van der Waals surface area contributed by atoms with E-state index in [9.17, 15) is 17.8 Å². The van der Waals surface area contributed by atoms with Crippen LogP contribution in [0.3, 0.4) is 0 Å². The van der Waals surface area contributed by atoms with Crippen molar-refractivity contribution in [2.45, 2.75) is 54.0 Å². The minimum Gasteiger partial charge on any atom is -0.358 e. The minimum atomic E-state index is -3.17. The first-order valence-corrected chi connectivity index (χ1v) is 13.5.